The van der Waals surface area contributed by atoms with Gasteiger partial charge in [-0.15, -0.1) is 11.3 Å². The van der Waals surface area contributed by atoms with Crippen molar-refractivity contribution in [2.45, 2.75) is 17.1 Å². The van der Waals surface area contributed by atoms with Crippen molar-refractivity contribution in [2.24, 2.45) is 0 Å². The predicted molar refractivity (Wildman–Crippen MR) is 145 cm³/mol. The maximum Gasteiger partial charge on any atom is 0.333 e. The first kappa shape index (κ1) is 25.3. The topological polar surface area (TPSA) is 133 Å². The van der Waals surface area contributed by atoms with Gasteiger partial charge in [0.2, 0.25) is 0 Å². The van der Waals surface area contributed by atoms with E-state index in [0.717, 1.165) is 47.5 Å². The van der Waals surface area contributed by atoms with Crippen molar-refractivity contribution < 1.29 is 13.2 Å². The van der Waals surface area contributed by atoms with Gasteiger partial charge >= 0.3 is 11.7 Å². The van der Waals surface area contributed by atoms with Gasteiger partial charge in [-0.05, 0) is 61.4 Å². The molecule has 1 aliphatic rings. The molecule has 3 heterocycles. The Bertz CT molecular complexity index is 1760. The molecule has 0 aliphatic carbocycles. The molecule has 0 spiro atoms. The molecule has 2 aromatic heterocycles. The van der Waals surface area contributed by atoms with Gasteiger partial charge in [0, 0.05) is 24.5 Å². The summed E-state index contributed by atoms with van der Waals surface area (Å²) in [5.41, 5.74) is 0.394. The van der Waals surface area contributed by atoms with E-state index in [9.17, 15) is 22.8 Å². The number of benzene rings is 2. The number of amides is 2. The Hall–Kier alpha value is -3.32. The van der Waals surface area contributed by atoms with E-state index in [2.05, 4.69) is 15.2 Å². The average molecular weight is 580 g/mol. The van der Waals surface area contributed by atoms with Crippen LogP contribution in [0.4, 0.5) is 16.2 Å². The van der Waals surface area contributed by atoms with Crippen LogP contribution in [0, 0.1) is 0 Å². The summed E-state index contributed by atoms with van der Waals surface area (Å²) in [6.07, 6.45) is 2.20. The van der Waals surface area contributed by atoms with Gasteiger partial charge in [-0.3, -0.25) is 4.79 Å². The van der Waals surface area contributed by atoms with Crippen molar-refractivity contribution in [3.05, 3.63) is 78.7 Å². The molecule has 1 fully saturated rings. The van der Waals surface area contributed by atoms with Crippen molar-refractivity contribution in [3.63, 3.8) is 0 Å². The third-order valence-electron chi connectivity index (χ3n) is 5.84. The van der Waals surface area contributed by atoms with E-state index < -0.39 is 27.3 Å². The smallest absolute Gasteiger partial charge is 0.333 e. The summed E-state index contributed by atoms with van der Waals surface area (Å²) in [4.78, 5) is 43.3. The minimum Gasteiger partial charge on any atom is -0.371 e. The number of carbonyl (C=O) groups is 1. The Kier molecular flexibility index (Phi) is 6.75. The SMILES string of the molecule is O=C(Nc1ccc(-n2c(=O)[nH]c3cc(N4CCCC4)ccc3c2=O)c(Cl)c1)NS(=O)(=O)c1ccc(Cl)s1. The van der Waals surface area contributed by atoms with Crippen LogP contribution in [-0.4, -0.2) is 37.1 Å². The third kappa shape index (κ3) is 5.10. The van der Waals surface area contributed by atoms with Crippen LogP contribution in [0.15, 0.2) is 62.3 Å². The van der Waals surface area contributed by atoms with Crippen molar-refractivity contribution >= 4 is 72.9 Å². The Morgan fingerprint density at radius 2 is 1.76 bits per heavy atom. The molecule has 2 amide bonds. The highest BCUT2D eigenvalue weighted by atomic mass is 35.5. The fourth-order valence-corrected chi connectivity index (χ4v) is 6.79. The lowest BCUT2D eigenvalue weighted by atomic mass is 10.2. The van der Waals surface area contributed by atoms with E-state index in [0.29, 0.717) is 10.9 Å². The molecule has 0 unspecified atom stereocenters. The van der Waals surface area contributed by atoms with Crippen molar-refractivity contribution in [3.8, 4) is 5.69 Å². The zero-order chi connectivity index (χ0) is 26.3. The van der Waals surface area contributed by atoms with Crippen LogP contribution in [0.25, 0.3) is 16.6 Å². The minimum atomic E-state index is -4.12. The van der Waals surface area contributed by atoms with Crippen LogP contribution in [0.5, 0.6) is 0 Å². The summed E-state index contributed by atoms with van der Waals surface area (Å²) in [5.74, 6) is 0. The lowest BCUT2D eigenvalue weighted by molar-refractivity contribution is 0.256. The van der Waals surface area contributed by atoms with E-state index in [1.165, 1.54) is 30.3 Å². The molecule has 0 radical (unpaired) electrons. The molecule has 37 heavy (non-hydrogen) atoms. The van der Waals surface area contributed by atoms with Crippen LogP contribution in [-0.2, 0) is 10.0 Å². The Morgan fingerprint density at radius 3 is 2.43 bits per heavy atom. The highest BCUT2D eigenvalue weighted by Gasteiger charge is 2.21. The second-order valence-corrected chi connectivity index (χ2v) is 12.3. The molecule has 0 bridgehead atoms. The van der Waals surface area contributed by atoms with Crippen LogP contribution >= 0.6 is 34.5 Å². The van der Waals surface area contributed by atoms with Gasteiger partial charge in [-0.25, -0.2) is 27.3 Å². The Balaban J connectivity index is 1.40. The number of halogens is 2. The van der Waals surface area contributed by atoms with Gasteiger partial charge in [-0.2, -0.15) is 0 Å². The van der Waals surface area contributed by atoms with Gasteiger partial charge < -0.3 is 15.2 Å². The third-order valence-corrected chi connectivity index (χ3v) is 9.20. The predicted octanol–water partition coefficient (Wildman–Crippen LogP) is 4.16. The zero-order valence-corrected chi connectivity index (χ0v) is 22.1. The van der Waals surface area contributed by atoms with E-state index in [4.69, 9.17) is 23.2 Å². The highest BCUT2D eigenvalue weighted by Crippen LogP contribution is 2.27. The molecule has 1 aliphatic heterocycles. The monoisotopic (exact) mass is 579 g/mol. The number of thiophene rings is 1. The number of H-pyrrole nitrogens is 1. The quantitative estimate of drug-likeness (QED) is 0.325. The first-order valence-corrected chi connectivity index (χ1v) is 14.1. The maximum absolute atomic E-state index is 13.2. The fraction of sp³-hybridized carbons (Fsp3) is 0.174. The van der Waals surface area contributed by atoms with Crippen LogP contribution in [0.3, 0.4) is 0 Å². The molecule has 0 atom stereocenters. The zero-order valence-electron chi connectivity index (χ0n) is 19.0. The van der Waals surface area contributed by atoms with Crippen molar-refractivity contribution in [1.82, 2.24) is 14.3 Å². The van der Waals surface area contributed by atoms with E-state index in [-0.39, 0.29) is 24.9 Å². The number of nitrogens with one attached hydrogen (secondary N) is 3. The number of carbonyl (C=O) groups excluding carboxylic acids is 1. The number of aromatic nitrogens is 2. The Labute approximate surface area is 224 Å². The van der Waals surface area contributed by atoms with E-state index >= 15 is 0 Å². The fourth-order valence-electron chi connectivity index (χ4n) is 4.13. The van der Waals surface area contributed by atoms with Gasteiger partial charge in [-0.1, -0.05) is 23.2 Å². The second-order valence-electron chi connectivity index (χ2n) is 8.28. The first-order valence-electron chi connectivity index (χ1n) is 11.1. The normalized spacial score (nSPS) is 13.7. The van der Waals surface area contributed by atoms with Crippen LogP contribution < -0.4 is 26.2 Å². The molecule has 14 heteroatoms. The summed E-state index contributed by atoms with van der Waals surface area (Å²) in [7, 11) is -4.12. The molecule has 0 saturated carbocycles. The lowest BCUT2D eigenvalue weighted by Crippen LogP contribution is -2.34. The molecule has 10 nitrogen and oxygen atoms in total. The number of aromatic amines is 1. The molecule has 2 aromatic carbocycles. The minimum absolute atomic E-state index is 0.00803. The number of hydrogen-bond acceptors (Lipinski definition) is 7. The molecule has 5 rings (SSSR count). The number of fused-ring (bicyclic) bond motifs is 1. The largest absolute Gasteiger partial charge is 0.371 e. The summed E-state index contributed by atoms with van der Waals surface area (Å²) in [6.45, 7) is 1.85. The van der Waals surface area contributed by atoms with E-state index in [1.807, 2.05) is 10.8 Å². The summed E-state index contributed by atoms with van der Waals surface area (Å²) in [6, 6.07) is 11.0. The summed E-state index contributed by atoms with van der Waals surface area (Å²) < 4.78 is 27.5. The Morgan fingerprint density at radius 1 is 1.00 bits per heavy atom. The molecular formula is C23H19Cl2N5O5S2. The maximum atomic E-state index is 13.2. The number of anilines is 2. The molecule has 4 aromatic rings. The second kappa shape index (κ2) is 9.86. The average Bonchev–Trinajstić information content (AvgIpc) is 3.52. The van der Waals surface area contributed by atoms with Gasteiger partial charge in [0.05, 0.1) is 25.9 Å². The number of urea groups is 1. The number of hydrogen-bond donors (Lipinski definition) is 3. The van der Waals surface area contributed by atoms with Gasteiger partial charge in [0.1, 0.15) is 4.21 Å². The summed E-state index contributed by atoms with van der Waals surface area (Å²) in [5, 5.41) is 2.68. The van der Waals surface area contributed by atoms with Crippen LogP contribution in [0.1, 0.15) is 12.8 Å². The summed E-state index contributed by atoms with van der Waals surface area (Å²) >= 11 is 12.9. The standard InChI is InChI=1S/C23H19Cl2N5O5S2/c24-16-11-13(26-22(32)28-37(34,35)20-8-7-19(25)36-20)3-6-18(16)30-21(31)15-5-4-14(29-9-1-2-10-29)12-17(15)27-23(30)33/h3-8,11-12H,1-2,9-10H2,(H,27,33)(H2,26,28,32). The first-order chi connectivity index (χ1) is 17.6. The molecule has 1 saturated heterocycles. The highest BCUT2D eigenvalue weighted by molar-refractivity contribution is 7.92. The van der Waals surface area contributed by atoms with Crippen molar-refractivity contribution in [1.29, 1.82) is 0 Å². The van der Waals surface area contributed by atoms with Gasteiger partial charge in [0.25, 0.3) is 15.6 Å². The molecule has 192 valence electrons. The molecule has 3 N–H and O–H groups in total. The lowest BCUT2D eigenvalue weighted by Gasteiger charge is -2.18. The number of sulfonamides is 1. The number of nitrogens with zero attached hydrogens (tertiary/aromatic N) is 2. The molecular weight excluding hydrogens is 561 g/mol. The van der Waals surface area contributed by atoms with Gasteiger partial charge in [0.15, 0.2) is 0 Å². The van der Waals surface area contributed by atoms with Crippen LogP contribution in [0.2, 0.25) is 9.36 Å². The number of rotatable bonds is 5. The van der Waals surface area contributed by atoms with Crippen molar-refractivity contribution in [2.75, 3.05) is 23.3 Å². The van der Waals surface area contributed by atoms with E-state index in [1.54, 1.807) is 12.1 Å².